The molecule has 1 aliphatic rings. The van der Waals surface area contributed by atoms with Gasteiger partial charge in [-0.05, 0) is 23.6 Å². The zero-order chi connectivity index (χ0) is 12.4. The third-order valence-corrected chi connectivity index (χ3v) is 3.74. The molecule has 100 valence electrons. The van der Waals surface area contributed by atoms with Crippen LogP contribution in [0.3, 0.4) is 0 Å². The highest BCUT2D eigenvalue weighted by molar-refractivity contribution is 6.31. The van der Waals surface area contributed by atoms with E-state index in [2.05, 4.69) is 40.2 Å². The summed E-state index contributed by atoms with van der Waals surface area (Å²) < 4.78 is 0. The molecule has 0 saturated carbocycles. The van der Waals surface area contributed by atoms with Crippen LogP contribution in [-0.4, -0.2) is 16.4 Å². The van der Waals surface area contributed by atoms with Gasteiger partial charge < -0.3 is 0 Å². The zero-order valence-corrected chi connectivity index (χ0v) is 12.1. The average Bonchev–Trinajstić information content (AvgIpc) is 2.40. The maximum Gasteiger partial charge on any atom is 0.0591 e. The summed E-state index contributed by atoms with van der Waals surface area (Å²) in [6.07, 6.45) is 2.79. The van der Waals surface area contributed by atoms with Gasteiger partial charge in [-0.25, -0.2) is 0 Å². The Morgan fingerprint density at radius 2 is 1.95 bits per heavy atom. The summed E-state index contributed by atoms with van der Waals surface area (Å²) in [4.78, 5) is 6.86. The van der Waals surface area contributed by atoms with Crippen molar-refractivity contribution in [2.45, 2.75) is 19.5 Å². The van der Waals surface area contributed by atoms with Crippen LogP contribution in [0.2, 0.25) is 5.02 Å². The van der Waals surface area contributed by atoms with Crippen LogP contribution in [0.5, 0.6) is 0 Å². The van der Waals surface area contributed by atoms with Crippen LogP contribution in [0.4, 0.5) is 0 Å². The van der Waals surface area contributed by atoms with Gasteiger partial charge in [0.2, 0.25) is 0 Å². The van der Waals surface area contributed by atoms with E-state index in [0.717, 1.165) is 36.8 Å². The Balaban J connectivity index is 0.00000133. The van der Waals surface area contributed by atoms with Crippen molar-refractivity contribution in [3.8, 4) is 0 Å². The molecule has 19 heavy (non-hydrogen) atoms. The van der Waals surface area contributed by atoms with E-state index in [-0.39, 0.29) is 12.4 Å². The lowest BCUT2D eigenvalue weighted by Gasteiger charge is -2.28. The second-order valence-electron chi connectivity index (χ2n) is 4.66. The number of rotatable bonds is 2. The number of benzene rings is 1. The highest BCUT2D eigenvalue weighted by Crippen LogP contribution is 2.24. The van der Waals surface area contributed by atoms with Gasteiger partial charge in [0, 0.05) is 30.9 Å². The number of halogens is 2. The molecule has 0 bridgehead atoms. The first-order valence-corrected chi connectivity index (χ1v) is 6.59. The third kappa shape index (κ3) is 3.27. The fourth-order valence-corrected chi connectivity index (χ4v) is 2.71. The molecule has 1 aromatic carbocycles. The molecule has 1 aliphatic heterocycles. The number of pyridine rings is 1. The van der Waals surface area contributed by atoms with E-state index in [1.165, 1.54) is 11.1 Å². The topological polar surface area (TPSA) is 16.1 Å². The molecule has 2 heterocycles. The molecule has 3 rings (SSSR count). The van der Waals surface area contributed by atoms with Gasteiger partial charge in [-0.2, -0.15) is 0 Å². The minimum atomic E-state index is 0. The molecule has 0 unspecified atom stereocenters. The van der Waals surface area contributed by atoms with E-state index in [9.17, 15) is 0 Å². The van der Waals surface area contributed by atoms with Crippen molar-refractivity contribution in [1.29, 1.82) is 0 Å². The average molecular weight is 295 g/mol. The molecule has 0 saturated heterocycles. The van der Waals surface area contributed by atoms with Crippen LogP contribution >= 0.6 is 24.0 Å². The van der Waals surface area contributed by atoms with Gasteiger partial charge in [0.25, 0.3) is 0 Å². The molecule has 0 radical (unpaired) electrons. The number of aromatic nitrogens is 1. The molecule has 4 heteroatoms. The lowest BCUT2D eigenvalue weighted by Crippen LogP contribution is -2.30. The van der Waals surface area contributed by atoms with Gasteiger partial charge in [0.05, 0.1) is 5.69 Å². The van der Waals surface area contributed by atoms with Crippen molar-refractivity contribution in [1.82, 2.24) is 9.88 Å². The maximum atomic E-state index is 6.19. The molecule has 0 fully saturated rings. The summed E-state index contributed by atoms with van der Waals surface area (Å²) in [5.41, 5.74) is 3.70. The summed E-state index contributed by atoms with van der Waals surface area (Å²) in [6, 6.07) is 12.4. The fourth-order valence-electron chi connectivity index (χ4n) is 2.45. The van der Waals surface area contributed by atoms with Gasteiger partial charge >= 0.3 is 0 Å². The lowest BCUT2D eigenvalue weighted by molar-refractivity contribution is 0.241. The molecule has 1 aromatic heterocycles. The minimum Gasteiger partial charge on any atom is -0.293 e. The zero-order valence-electron chi connectivity index (χ0n) is 10.6. The standard InChI is InChI=1S/C15H15ClN2.ClH/c16-14-6-8-17-15-11-18(9-7-13(14)15)10-12-4-2-1-3-5-12;/h1-6,8H,7,9-11H2;1H. The molecule has 0 aliphatic carbocycles. The van der Waals surface area contributed by atoms with Crippen LogP contribution in [0.15, 0.2) is 42.6 Å². The van der Waals surface area contributed by atoms with Crippen molar-refractivity contribution < 1.29 is 0 Å². The van der Waals surface area contributed by atoms with Crippen LogP contribution in [0, 0.1) is 0 Å². The summed E-state index contributed by atoms with van der Waals surface area (Å²) in [5, 5.41) is 0.861. The van der Waals surface area contributed by atoms with E-state index in [4.69, 9.17) is 11.6 Å². The number of hydrogen-bond donors (Lipinski definition) is 0. The quantitative estimate of drug-likeness (QED) is 0.839. The van der Waals surface area contributed by atoms with Crippen LogP contribution in [0.1, 0.15) is 16.8 Å². The SMILES string of the molecule is Cl.Clc1ccnc2c1CCN(Cc1ccccc1)C2. The van der Waals surface area contributed by atoms with Crippen molar-refractivity contribution in [2.75, 3.05) is 6.54 Å². The van der Waals surface area contributed by atoms with Crippen LogP contribution in [0.25, 0.3) is 0 Å². The Morgan fingerprint density at radius 1 is 1.16 bits per heavy atom. The van der Waals surface area contributed by atoms with E-state index >= 15 is 0 Å². The molecule has 0 N–H and O–H groups in total. The summed E-state index contributed by atoms with van der Waals surface area (Å²) in [7, 11) is 0. The molecule has 0 spiro atoms. The predicted molar refractivity (Wildman–Crippen MR) is 80.8 cm³/mol. The smallest absolute Gasteiger partial charge is 0.0591 e. The monoisotopic (exact) mass is 294 g/mol. The van der Waals surface area contributed by atoms with Crippen LogP contribution < -0.4 is 0 Å². The van der Waals surface area contributed by atoms with E-state index in [0.29, 0.717) is 0 Å². The predicted octanol–water partition coefficient (Wildman–Crippen LogP) is 3.72. The molecule has 0 atom stereocenters. The van der Waals surface area contributed by atoms with Gasteiger partial charge in [-0.3, -0.25) is 9.88 Å². The number of nitrogens with zero attached hydrogens (tertiary/aromatic N) is 2. The van der Waals surface area contributed by atoms with Gasteiger partial charge in [-0.15, -0.1) is 12.4 Å². The Kier molecular flexibility index (Phi) is 4.81. The fraction of sp³-hybridized carbons (Fsp3) is 0.267. The first kappa shape index (κ1) is 14.3. The Bertz CT molecular complexity index is 543. The van der Waals surface area contributed by atoms with Gasteiger partial charge in [0.15, 0.2) is 0 Å². The summed E-state index contributed by atoms with van der Waals surface area (Å²) in [5.74, 6) is 0. The maximum absolute atomic E-state index is 6.19. The molecular formula is C15H16Cl2N2. The third-order valence-electron chi connectivity index (χ3n) is 3.39. The van der Waals surface area contributed by atoms with Crippen LogP contribution in [-0.2, 0) is 19.5 Å². The molecular weight excluding hydrogens is 279 g/mol. The van der Waals surface area contributed by atoms with E-state index < -0.39 is 0 Å². The lowest BCUT2D eigenvalue weighted by atomic mass is 10.0. The van der Waals surface area contributed by atoms with Gasteiger partial charge in [0.1, 0.15) is 0 Å². The second kappa shape index (κ2) is 6.38. The summed E-state index contributed by atoms with van der Waals surface area (Å²) >= 11 is 6.19. The first-order chi connectivity index (χ1) is 8.83. The number of fused-ring (bicyclic) bond motifs is 1. The minimum absolute atomic E-state index is 0. The molecule has 0 amide bonds. The summed E-state index contributed by atoms with van der Waals surface area (Å²) in [6.45, 7) is 2.92. The van der Waals surface area contributed by atoms with Crippen molar-refractivity contribution in [2.24, 2.45) is 0 Å². The Labute approximate surface area is 124 Å². The van der Waals surface area contributed by atoms with Gasteiger partial charge in [-0.1, -0.05) is 41.9 Å². The van der Waals surface area contributed by atoms with E-state index in [1.54, 1.807) is 6.20 Å². The van der Waals surface area contributed by atoms with E-state index in [1.807, 2.05) is 6.07 Å². The number of hydrogen-bond acceptors (Lipinski definition) is 2. The highest BCUT2D eigenvalue weighted by atomic mass is 35.5. The normalized spacial score (nSPS) is 14.6. The molecule has 2 nitrogen and oxygen atoms in total. The Hall–Kier alpha value is -1.09. The van der Waals surface area contributed by atoms with Crippen molar-refractivity contribution in [3.63, 3.8) is 0 Å². The Morgan fingerprint density at radius 3 is 2.74 bits per heavy atom. The van der Waals surface area contributed by atoms with Crippen molar-refractivity contribution >= 4 is 24.0 Å². The van der Waals surface area contributed by atoms with Crippen molar-refractivity contribution in [3.05, 3.63) is 64.4 Å². The molecule has 2 aromatic rings. The second-order valence-corrected chi connectivity index (χ2v) is 5.07. The highest BCUT2D eigenvalue weighted by Gasteiger charge is 2.19. The largest absolute Gasteiger partial charge is 0.293 e. The first-order valence-electron chi connectivity index (χ1n) is 6.21.